The van der Waals surface area contributed by atoms with Crippen molar-refractivity contribution in [1.29, 1.82) is 0 Å². The van der Waals surface area contributed by atoms with Gasteiger partial charge in [-0.15, -0.1) is 0 Å². The topological polar surface area (TPSA) is 74.7 Å². The number of carboxylic acid groups (broad SMARTS) is 1. The van der Waals surface area contributed by atoms with Gasteiger partial charge in [-0.05, 0) is 25.2 Å². The molecule has 18 heavy (non-hydrogen) atoms. The number of hydrogen-bond acceptors (Lipinski definition) is 3. The van der Waals surface area contributed by atoms with Crippen molar-refractivity contribution < 1.29 is 19.5 Å². The maximum absolute atomic E-state index is 12.3. The van der Waals surface area contributed by atoms with Crippen LogP contribution >= 0.6 is 0 Å². The summed E-state index contributed by atoms with van der Waals surface area (Å²) in [5, 5.41) is 8.77. The lowest BCUT2D eigenvalue weighted by molar-refractivity contribution is -0.145. The van der Waals surface area contributed by atoms with Gasteiger partial charge in [0, 0.05) is 6.04 Å². The zero-order valence-electron chi connectivity index (χ0n) is 10.1. The van der Waals surface area contributed by atoms with E-state index in [4.69, 9.17) is 5.11 Å². The summed E-state index contributed by atoms with van der Waals surface area (Å²) in [6.45, 7) is 1.63. The first kappa shape index (κ1) is 11.4. The summed E-state index contributed by atoms with van der Waals surface area (Å²) in [5.74, 6) is -1.43. The first-order valence-corrected chi connectivity index (χ1v) is 6.27. The lowest BCUT2D eigenvalue weighted by Gasteiger charge is -2.23. The number of carbonyl (C=O) groups excluding carboxylic acids is 2. The largest absolute Gasteiger partial charge is 0.481 e. The molecule has 0 radical (unpaired) electrons. The third-order valence-corrected chi connectivity index (χ3v) is 4.42. The predicted octanol–water partition coefficient (Wildman–Crippen LogP) is 0.657. The molecule has 3 rings (SSSR count). The van der Waals surface area contributed by atoms with Gasteiger partial charge < -0.3 is 5.11 Å². The summed E-state index contributed by atoms with van der Waals surface area (Å²) in [6, 6.07) is -0.549. The van der Waals surface area contributed by atoms with Crippen LogP contribution in [0.15, 0.2) is 12.2 Å². The summed E-state index contributed by atoms with van der Waals surface area (Å²) in [5.41, 5.74) is 0. The Morgan fingerprint density at radius 2 is 1.83 bits per heavy atom. The molecule has 1 N–H and O–H groups in total. The van der Waals surface area contributed by atoms with Crippen LogP contribution in [0, 0.1) is 23.7 Å². The van der Waals surface area contributed by atoms with Gasteiger partial charge >= 0.3 is 5.97 Å². The van der Waals surface area contributed by atoms with E-state index >= 15 is 0 Å². The Kier molecular flexibility index (Phi) is 2.33. The third kappa shape index (κ3) is 1.36. The summed E-state index contributed by atoms with van der Waals surface area (Å²) in [7, 11) is 0. The Morgan fingerprint density at radius 1 is 1.33 bits per heavy atom. The van der Waals surface area contributed by atoms with Crippen molar-refractivity contribution in [3.05, 3.63) is 12.2 Å². The number of imide groups is 1. The molecule has 1 aliphatic heterocycles. The summed E-state index contributed by atoms with van der Waals surface area (Å²) >= 11 is 0. The van der Waals surface area contributed by atoms with Gasteiger partial charge in [0.05, 0.1) is 18.3 Å². The molecule has 96 valence electrons. The Balaban J connectivity index is 1.86. The molecular formula is C13H15NO4. The third-order valence-electron chi connectivity index (χ3n) is 4.42. The number of amides is 2. The van der Waals surface area contributed by atoms with Crippen molar-refractivity contribution in [3.63, 3.8) is 0 Å². The minimum absolute atomic E-state index is 0.171. The number of allylic oxidation sites excluding steroid dienone is 2. The number of carbonyl (C=O) groups is 3. The van der Waals surface area contributed by atoms with Gasteiger partial charge in [-0.1, -0.05) is 12.2 Å². The van der Waals surface area contributed by atoms with Crippen molar-refractivity contribution in [2.75, 3.05) is 0 Å². The van der Waals surface area contributed by atoms with Crippen molar-refractivity contribution in [2.24, 2.45) is 23.7 Å². The fraction of sp³-hybridized carbons (Fsp3) is 0.615. The Hall–Kier alpha value is -1.65. The molecule has 5 heteroatoms. The van der Waals surface area contributed by atoms with Crippen LogP contribution in [-0.4, -0.2) is 33.8 Å². The molecule has 2 amide bonds. The number of likely N-dealkylation sites (tertiary alicyclic amines) is 1. The van der Waals surface area contributed by atoms with Crippen molar-refractivity contribution >= 4 is 17.8 Å². The van der Waals surface area contributed by atoms with Crippen LogP contribution in [0.2, 0.25) is 0 Å². The standard InChI is InChI=1S/C13H15NO4/c1-6(4-9(15)16)14-12(17)10-7-2-3-8(5-7)11(10)13(14)18/h2-3,6-8,10-11H,4-5H2,1H3,(H,15,16). The van der Waals surface area contributed by atoms with E-state index in [0.717, 1.165) is 6.42 Å². The molecule has 1 saturated heterocycles. The van der Waals surface area contributed by atoms with Gasteiger partial charge in [0.2, 0.25) is 11.8 Å². The molecule has 3 aliphatic rings. The molecule has 0 spiro atoms. The maximum Gasteiger partial charge on any atom is 0.305 e. The molecule has 5 nitrogen and oxygen atoms in total. The number of fused-ring (bicyclic) bond motifs is 5. The molecule has 0 aromatic heterocycles. The Labute approximate surface area is 104 Å². The quantitative estimate of drug-likeness (QED) is 0.589. The summed E-state index contributed by atoms with van der Waals surface area (Å²) in [4.78, 5) is 36.5. The molecule has 0 aromatic carbocycles. The van der Waals surface area contributed by atoms with Gasteiger partial charge in [0.15, 0.2) is 0 Å². The average Bonchev–Trinajstić information content (AvgIpc) is 2.91. The SMILES string of the molecule is CC(CC(=O)O)N1C(=O)C2C3C=CC(C3)C2C1=O. The van der Waals surface area contributed by atoms with Crippen molar-refractivity contribution in [1.82, 2.24) is 4.90 Å². The highest BCUT2D eigenvalue weighted by atomic mass is 16.4. The maximum atomic E-state index is 12.3. The highest BCUT2D eigenvalue weighted by molar-refractivity contribution is 6.06. The number of hydrogen-bond donors (Lipinski definition) is 1. The van der Waals surface area contributed by atoms with Crippen LogP contribution in [0.5, 0.6) is 0 Å². The van der Waals surface area contributed by atoms with E-state index in [1.54, 1.807) is 6.92 Å². The van der Waals surface area contributed by atoms with Gasteiger partial charge in [0.1, 0.15) is 0 Å². The van der Waals surface area contributed by atoms with Gasteiger partial charge in [-0.2, -0.15) is 0 Å². The highest BCUT2D eigenvalue weighted by Gasteiger charge is 2.59. The predicted molar refractivity (Wildman–Crippen MR) is 61.3 cm³/mol. The van der Waals surface area contributed by atoms with Gasteiger partial charge in [0.25, 0.3) is 0 Å². The number of rotatable bonds is 3. The smallest absolute Gasteiger partial charge is 0.305 e. The lowest BCUT2D eigenvalue weighted by atomic mass is 9.85. The first-order valence-electron chi connectivity index (χ1n) is 6.27. The van der Waals surface area contributed by atoms with E-state index in [-0.39, 0.29) is 41.9 Å². The Morgan fingerprint density at radius 3 is 2.28 bits per heavy atom. The Bertz CT molecular complexity index is 440. The molecule has 2 fully saturated rings. The molecule has 1 heterocycles. The molecule has 1 saturated carbocycles. The van der Waals surface area contributed by atoms with E-state index in [2.05, 4.69) is 0 Å². The van der Waals surface area contributed by atoms with E-state index in [1.165, 1.54) is 4.90 Å². The highest BCUT2D eigenvalue weighted by Crippen LogP contribution is 2.52. The van der Waals surface area contributed by atoms with Crippen molar-refractivity contribution in [2.45, 2.75) is 25.8 Å². The van der Waals surface area contributed by atoms with Crippen LogP contribution < -0.4 is 0 Å². The van der Waals surface area contributed by atoms with E-state index in [1.807, 2.05) is 12.2 Å². The van der Waals surface area contributed by atoms with E-state index < -0.39 is 12.0 Å². The molecule has 0 aromatic rings. The van der Waals surface area contributed by atoms with Gasteiger partial charge in [-0.25, -0.2) is 0 Å². The zero-order chi connectivity index (χ0) is 13.0. The minimum atomic E-state index is -0.985. The molecule has 2 aliphatic carbocycles. The van der Waals surface area contributed by atoms with Crippen LogP contribution in [0.4, 0.5) is 0 Å². The molecule has 5 unspecified atom stereocenters. The second-order valence-corrected chi connectivity index (χ2v) is 5.49. The number of nitrogens with zero attached hydrogens (tertiary/aromatic N) is 1. The second kappa shape index (κ2) is 3.67. The fourth-order valence-electron chi connectivity index (χ4n) is 3.70. The number of carboxylic acids is 1. The van der Waals surface area contributed by atoms with Crippen LogP contribution in [-0.2, 0) is 14.4 Å². The molecule has 2 bridgehead atoms. The van der Waals surface area contributed by atoms with Crippen LogP contribution in [0.3, 0.4) is 0 Å². The normalized spacial score (nSPS) is 38.4. The van der Waals surface area contributed by atoms with Gasteiger partial charge in [-0.3, -0.25) is 19.3 Å². The molecule has 5 atom stereocenters. The summed E-state index contributed by atoms with van der Waals surface area (Å²) < 4.78 is 0. The summed E-state index contributed by atoms with van der Waals surface area (Å²) in [6.07, 6.45) is 4.78. The zero-order valence-corrected chi connectivity index (χ0v) is 10.1. The minimum Gasteiger partial charge on any atom is -0.481 e. The van der Waals surface area contributed by atoms with E-state index in [0.29, 0.717) is 0 Å². The van der Waals surface area contributed by atoms with Crippen LogP contribution in [0.25, 0.3) is 0 Å². The fourth-order valence-corrected chi connectivity index (χ4v) is 3.70. The van der Waals surface area contributed by atoms with Crippen molar-refractivity contribution in [3.8, 4) is 0 Å². The van der Waals surface area contributed by atoms with Crippen LogP contribution in [0.1, 0.15) is 19.8 Å². The van der Waals surface area contributed by atoms with E-state index in [9.17, 15) is 14.4 Å². The lowest BCUT2D eigenvalue weighted by Crippen LogP contribution is -2.41. The molecular weight excluding hydrogens is 234 g/mol. The average molecular weight is 249 g/mol. The number of aliphatic carboxylic acids is 1. The first-order chi connectivity index (χ1) is 8.50. The monoisotopic (exact) mass is 249 g/mol. The second-order valence-electron chi connectivity index (χ2n) is 5.49.